The molecular formula is C18H19N5O2S2. The van der Waals surface area contributed by atoms with Gasteiger partial charge in [0, 0.05) is 11.3 Å². The van der Waals surface area contributed by atoms with Crippen LogP contribution in [0.3, 0.4) is 0 Å². The molecule has 3 aromatic rings. The summed E-state index contributed by atoms with van der Waals surface area (Å²) >= 11 is 2.85. The molecule has 0 aliphatic carbocycles. The first kappa shape index (κ1) is 19.0. The number of carbonyl (C=O) groups is 2. The van der Waals surface area contributed by atoms with Gasteiger partial charge in [0.25, 0.3) is 5.91 Å². The van der Waals surface area contributed by atoms with Crippen molar-refractivity contribution < 1.29 is 9.59 Å². The minimum atomic E-state index is -0.556. The Morgan fingerprint density at radius 2 is 2.19 bits per heavy atom. The third-order valence-electron chi connectivity index (χ3n) is 3.96. The highest BCUT2D eigenvalue weighted by Crippen LogP contribution is 2.29. The van der Waals surface area contributed by atoms with Crippen molar-refractivity contribution in [2.75, 3.05) is 10.3 Å². The molecule has 0 unspecified atom stereocenters. The van der Waals surface area contributed by atoms with Crippen LogP contribution < -0.4 is 21.9 Å². The van der Waals surface area contributed by atoms with Gasteiger partial charge in [-0.1, -0.05) is 6.07 Å². The second-order valence-electron chi connectivity index (χ2n) is 5.95. The van der Waals surface area contributed by atoms with Crippen LogP contribution in [0, 0.1) is 6.92 Å². The molecule has 0 fully saturated rings. The Hall–Kier alpha value is -2.75. The van der Waals surface area contributed by atoms with Gasteiger partial charge in [0.05, 0.1) is 22.6 Å². The number of hydrogen-bond acceptors (Lipinski definition) is 8. The number of amides is 1. The third-order valence-corrected chi connectivity index (χ3v) is 5.65. The van der Waals surface area contributed by atoms with Gasteiger partial charge in [0.15, 0.2) is 0 Å². The summed E-state index contributed by atoms with van der Waals surface area (Å²) in [6, 6.07) is 10.2. The molecule has 0 radical (unpaired) electrons. The lowest BCUT2D eigenvalue weighted by Crippen LogP contribution is -2.43. The minimum absolute atomic E-state index is 0.333. The van der Waals surface area contributed by atoms with E-state index in [1.165, 1.54) is 16.5 Å². The predicted octanol–water partition coefficient (Wildman–Crippen LogP) is 2.85. The van der Waals surface area contributed by atoms with Crippen LogP contribution in [-0.4, -0.2) is 22.6 Å². The predicted molar refractivity (Wildman–Crippen MR) is 110 cm³/mol. The van der Waals surface area contributed by atoms with Gasteiger partial charge in [0.2, 0.25) is 0 Å². The van der Waals surface area contributed by atoms with Crippen LogP contribution in [-0.2, 0) is 11.2 Å². The van der Waals surface area contributed by atoms with Gasteiger partial charge in [-0.3, -0.25) is 4.79 Å². The number of carbonyl (C=O) groups excluding carboxylic acids is 2. The van der Waals surface area contributed by atoms with E-state index in [2.05, 4.69) is 9.69 Å². The number of nitrogens with zero attached hydrogens (tertiary/aromatic N) is 2. The number of thiophene rings is 1. The molecule has 1 amide bonds. The highest BCUT2D eigenvalue weighted by Gasteiger charge is 2.19. The number of aldehydes is 1. The van der Waals surface area contributed by atoms with Crippen LogP contribution in [0.4, 0.5) is 16.4 Å². The maximum Gasteiger partial charge on any atom is 0.250 e. The fraction of sp³-hybridized carbons (Fsp3) is 0.167. The maximum atomic E-state index is 11.8. The summed E-state index contributed by atoms with van der Waals surface area (Å²) in [4.78, 5) is 24.4. The normalized spacial score (nSPS) is 11.8. The fourth-order valence-electron chi connectivity index (χ4n) is 2.60. The van der Waals surface area contributed by atoms with E-state index in [1.807, 2.05) is 30.5 Å². The molecule has 2 heterocycles. The van der Waals surface area contributed by atoms with Crippen molar-refractivity contribution in [3.63, 3.8) is 0 Å². The number of hydrogen-bond donors (Lipinski definition) is 3. The van der Waals surface area contributed by atoms with Gasteiger partial charge in [-0.15, -0.1) is 11.3 Å². The summed E-state index contributed by atoms with van der Waals surface area (Å²) in [5.41, 5.74) is 7.80. The molecule has 0 saturated heterocycles. The molecule has 2 aromatic heterocycles. The number of primary amides is 1. The fourth-order valence-corrected chi connectivity index (χ4v) is 4.03. The summed E-state index contributed by atoms with van der Waals surface area (Å²) in [6.07, 6.45) is 1.33. The van der Waals surface area contributed by atoms with Crippen LogP contribution in [0.15, 0.2) is 41.8 Å². The van der Waals surface area contributed by atoms with E-state index in [-0.39, 0.29) is 0 Å². The zero-order valence-electron chi connectivity index (χ0n) is 14.6. The highest BCUT2D eigenvalue weighted by molar-refractivity contribution is 7.10. The Morgan fingerprint density at radius 3 is 2.78 bits per heavy atom. The molecule has 0 bridgehead atoms. The molecule has 1 atom stereocenters. The van der Waals surface area contributed by atoms with Crippen LogP contribution in [0.25, 0.3) is 0 Å². The molecule has 9 heteroatoms. The van der Waals surface area contributed by atoms with E-state index < -0.39 is 11.9 Å². The third kappa shape index (κ3) is 4.51. The molecule has 3 rings (SSSR count). The van der Waals surface area contributed by atoms with Crippen molar-refractivity contribution >= 4 is 51.4 Å². The second-order valence-corrected chi connectivity index (χ2v) is 7.78. The average Bonchev–Trinajstić information content (AvgIpc) is 3.30. The topological polar surface area (TPSA) is 114 Å². The Morgan fingerprint density at radius 1 is 1.37 bits per heavy atom. The quantitative estimate of drug-likeness (QED) is 0.304. The van der Waals surface area contributed by atoms with Crippen molar-refractivity contribution in [2.45, 2.75) is 19.4 Å². The molecule has 0 spiro atoms. The number of hydrazine groups is 1. The van der Waals surface area contributed by atoms with Gasteiger partial charge in [-0.05, 0) is 54.2 Å². The van der Waals surface area contributed by atoms with Crippen LogP contribution >= 0.6 is 22.9 Å². The van der Waals surface area contributed by atoms with Gasteiger partial charge < -0.3 is 20.9 Å². The first-order valence-corrected chi connectivity index (χ1v) is 9.79. The number of rotatable bonds is 8. The van der Waals surface area contributed by atoms with Crippen LogP contribution in [0.5, 0.6) is 0 Å². The zero-order chi connectivity index (χ0) is 19.4. The van der Waals surface area contributed by atoms with Crippen LogP contribution in [0.2, 0.25) is 0 Å². The Bertz CT molecular complexity index is 939. The van der Waals surface area contributed by atoms with Crippen molar-refractivity contribution in [1.82, 2.24) is 4.37 Å². The van der Waals surface area contributed by atoms with Gasteiger partial charge in [-0.2, -0.15) is 4.37 Å². The summed E-state index contributed by atoms with van der Waals surface area (Å²) in [7, 11) is 0. The number of benzene rings is 1. The molecule has 0 aliphatic rings. The van der Waals surface area contributed by atoms with Gasteiger partial charge in [0.1, 0.15) is 17.3 Å². The molecule has 27 heavy (non-hydrogen) atoms. The Kier molecular flexibility index (Phi) is 5.84. The van der Waals surface area contributed by atoms with E-state index in [1.54, 1.807) is 29.5 Å². The molecule has 0 aliphatic heterocycles. The average molecular weight is 402 g/mol. The number of nitrogens with two attached hydrogens (primary N) is 2. The Balaban J connectivity index is 1.89. The van der Waals surface area contributed by atoms with E-state index in [4.69, 9.17) is 11.6 Å². The van der Waals surface area contributed by atoms with Crippen molar-refractivity contribution in [1.29, 1.82) is 0 Å². The maximum absolute atomic E-state index is 11.8. The number of aromatic nitrogens is 1. The lowest BCUT2D eigenvalue weighted by molar-refractivity contribution is -0.109. The van der Waals surface area contributed by atoms with E-state index >= 15 is 0 Å². The summed E-state index contributed by atoms with van der Waals surface area (Å²) in [5, 5.41) is 7.30. The molecular weight excluding hydrogens is 382 g/mol. The summed E-state index contributed by atoms with van der Waals surface area (Å²) < 4.78 is 4.21. The van der Waals surface area contributed by atoms with Crippen LogP contribution in [0.1, 0.15) is 20.9 Å². The minimum Gasteiger partial charge on any atom is -0.366 e. The van der Waals surface area contributed by atoms with E-state index in [0.29, 0.717) is 23.4 Å². The van der Waals surface area contributed by atoms with Crippen molar-refractivity contribution in [2.24, 2.45) is 11.6 Å². The van der Waals surface area contributed by atoms with Gasteiger partial charge >= 0.3 is 0 Å². The number of anilines is 3. The van der Waals surface area contributed by atoms with Crippen molar-refractivity contribution in [3.05, 3.63) is 57.9 Å². The number of nitrogens with one attached hydrogen (secondary N) is 1. The first-order valence-electron chi connectivity index (χ1n) is 8.13. The molecule has 7 nitrogen and oxygen atoms in total. The highest BCUT2D eigenvalue weighted by atomic mass is 32.1. The summed E-state index contributed by atoms with van der Waals surface area (Å²) in [6.45, 7) is 1.88. The van der Waals surface area contributed by atoms with E-state index in [9.17, 15) is 9.59 Å². The summed E-state index contributed by atoms with van der Waals surface area (Å²) in [5.74, 6) is 5.66. The van der Waals surface area contributed by atoms with Crippen molar-refractivity contribution in [3.8, 4) is 0 Å². The zero-order valence-corrected chi connectivity index (χ0v) is 16.2. The number of aryl methyl sites for hydroxylation is 1. The molecule has 140 valence electrons. The molecule has 0 saturated carbocycles. The smallest absolute Gasteiger partial charge is 0.250 e. The monoisotopic (exact) mass is 401 g/mol. The molecule has 1 aromatic carbocycles. The lowest BCUT2D eigenvalue weighted by Gasteiger charge is -2.25. The van der Waals surface area contributed by atoms with E-state index in [0.717, 1.165) is 21.9 Å². The van der Waals surface area contributed by atoms with Gasteiger partial charge in [-0.25, -0.2) is 5.84 Å². The SMILES string of the molecule is Cc1cc(Nc2cc(N(N)[C@@H](C=O)Cc3cccs3)ccc2C(N)=O)sn1. The standard InChI is InChI=1S/C18H19N5O2S2/c1-11-7-17(27-22-11)21-16-9-12(4-5-15(16)18(19)25)23(20)13(10-24)8-14-3-2-6-26-14/h2-7,9-10,13,21H,8,20H2,1H3,(H2,19,25)/t13-/m1/s1. The Labute approximate surface area is 164 Å². The molecule has 5 N–H and O–H groups in total. The largest absolute Gasteiger partial charge is 0.366 e. The lowest BCUT2D eigenvalue weighted by atomic mass is 10.1. The first-order chi connectivity index (χ1) is 13.0. The second kappa shape index (κ2) is 8.30.